The van der Waals surface area contributed by atoms with Crippen molar-refractivity contribution in [1.29, 1.82) is 0 Å². The van der Waals surface area contributed by atoms with Crippen molar-refractivity contribution in [3.05, 3.63) is 33.7 Å². The number of halogens is 2. The van der Waals surface area contributed by atoms with E-state index >= 15 is 0 Å². The Kier molecular flexibility index (Phi) is 2.09. The van der Waals surface area contributed by atoms with Gasteiger partial charge in [0.2, 0.25) is 0 Å². The molecule has 0 bridgehead atoms. The van der Waals surface area contributed by atoms with Crippen LogP contribution in [0.15, 0.2) is 16.6 Å². The largest absolute Gasteiger partial charge is 0.357 e. The average molecular weight is 268 g/mol. The van der Waals surface area contributed by atoms with E-state index in [0.29, 0.717) is 0 Å². The smallest absolute Gasteiger partial charge is 0.132 e. The van der Waals surface area contributed by atoms with Crippen LogP contribution in [0.4, 0.5) is 4.39 Å². The molecule has 1 aromatic heterocycles. The molecule has 0 saturated carbocycles. The first-order valence-electron chi connectivity index (χ1n) is 5.25. The van der Waals surface area contributed by atoms with Gasteiger partial charge in [-0.2, -0.15) is 0 Å². The van der Waals surface area contributed by atoms with Gasteiger partial charge in [0.25, 0.3) is 0 Å². The predicted molar refractivity (Wildman–Crippen MR) is 62.6 cm³/mol. The summed E-state index contributed by atoms with van der Waals surface area (Å²) in [6, 6.07) is 3.30. The number of rotatable bonds is 0. The van der Waals surface area contributed by atoms with E-state index in [1.54, 1.807) is 6.07 Å². The van der Waals surface area contributed by atoms with E-state index in [-0.39, 0.29) is 5.82 Å². The van der Waals surface area contributed by atoms with E-state index in [9.17, 15) is 4.39 Å². The van der Waals surface area contributed by atoms with Crippen LogP contribution < -0.4 is 0 Å². The standard InChI is InChI=1S/C12H11BrFN/c13-8-5-6-9(14)11-7-3-1-2-4-10(7)15-12(8)11/h5-6,15H,1-4H2. The molecule has 2 aromatic rings. The molecule has 1 heterocycles. The lowest BCUT2D eigenvalue weighted by molar-refractivity contribution is 0.635. The second-order valence-corrected chi connectivity index (χ2v) is 4.92. The molecule has 1 N–H and O–H groups in total. The molecule has 0 radical (unpaired) electrons. The van der Waals surface area contributed by atoms with E-state index in [1.165, 1.54) is 30.2 Å². The van der Waals surface area contributed by atoms with Crippen molar-refractivity contribution in [3.63, 3.8) is 0 Å². The van der Waals surface area contributed by atoms with Gasteiger partial charge in [-0.3, -0.25) is 0 Å². The van der Waals surface area contributed by atoms with Crippen molar-refractivity contribution >= 4 is 26.8 Å². The van der Waals surface area contributed by atoms with Crippen molar-refractivity contribution < 1.29 is 4.39 Å². The molecule has 3 rings (SSSR count). The maximum absolute atomic E-state index is 13.7. The summed E-state index contributed by atoms with van der Waals surface area (Å²) in [6.45, 7) is 0. The quantitative estimate of drug-likeness (QED) is 0.744. The number of H-pyrrole nitrogens is 1. The van der Waals surface area contributed by atoms with Gasteiger partial charge in [0.05, 0.1) is 5.52 Å². The highest BCUT2D eigenvalue weighted by Crippen LogP contribution is 2.34. The van der Waals surface area contributed by atoms with Gasteiger partial charge in [0.1, 0.15) is 5.82 Å². The minimum Gasteiger partial charge on any atom is -0.357 e. The van der Waals surface area contributed by atoms with Crippen LogP contribution in [-0.4, -0.2) is 4.98 Å². The lowest BCUT2D eigenvalue weighted by Gasteiger charge is -2.10. The Hall–Kier alpha value is -0.830. The number of nitrogens with one attached hydrogen (secondary N) is 1. The Bertz CT molecular complexity index is 530. The molecule has 78 valence electrons. The molecule has 1 nitrogen and oxygen atoms in total. The molecule has 1 aromatic carbocycles. The summed E-state index contributed by atoms with van der Waals surface area (Å²) in [5, 5.41) is 0.791. The summed E-state index contributed by atoms with van der Waals surface area (Å²) in [4.78, 5) is 3.34. The number of benzene rings is 1. The molecule has 0 unspecified atom stereocenters. The normalized spacial score (nSPS) is 15.6. The second-order valence-electron chi connectivity index (χ2n) is 4.07. The Labute approximate surface area is 95.8 Å². The van der Waals surface area contributed by atoms with Gasteiger partial charge >= 0.3 is 0 Å². The van der Waals surface area contributed by atoms with E-state index in [0.717, 1.165) is 28.2 Å². The first-order valence-corrected chi connectivity index (χ1v) is 6.04. The third kappa shape index (κ3) is 1.33. The summed E-state index contributed by atoms with van der Waals surface area (Å²) >= 11 is 3.46. The van der Waals surface area contributed by atoms with Crippen molar-refractivity contribution in [2.45, 2.75) is 25.7 Å². The number of hydrogen-bond acceptors (Lipinski definition) is 0. The number of aromatic amines is 1. The van der Waals surface area contributed by atoms with Gasteiger partial charge in [-0.25, -0.2) is 4.39 Å². The first-order chi connectivity index (χ1) is 7.27. The summed E-state index contributed by atoms with van der Waals surface area (Å²) in [5.41, 5.74) is 3.33. The Morgan fingerprint density at radius 1 is 1.20 bits per heavy atom. The molecule has 0 saturated heterocycles. The average Bonchev–Trinajstić information content (AvgIpc) is 2.64. The summed E-state index contributed by atoms with van der Waals surface area (Å²) in [6.07, 6.45) is 4.43. The Morgan fingerprint density at radius 2 is 2.00 bits per heavy atom. The highest BCUT2D eigenvalue weighted by molar-refractivity contribution is 9.10. The van der Waals surface area contributed by atoms with Gasteiger partial charge in [0.15, 0.2) is 0 Å². The van der Waals surface area contributed by atoms with Crippen LogP contribution in [0.2, 0.25) is 0 Å². The number of aryl methyl sites for hydroxylation is 2. The molecule has 1 aliphatic carbocycles. The van der Waals surface area contributed by atoms with Crippen LogP contribution >= 0.6 is 15.9 Å². The second kappa shape index (κ2) is 3.34. The molecule has 15 heavy (non-hydrogen) atoms. The van der Waals surface area contributed by atoms with Gasteiger partial charge < -0.3 is 4.98 Å². The minimum absolute atomic E-state index is 0.104. The van der Waals surface area contributed by atoms with E-state index in [4.69, 9.17) is 0 Å². The lowest BCUT2D eigenvalue weighted by atomic mass is 9.95. The minimum atomic E-state index is -0.104. The zero-order valence-electron chi connectivity index (χ0n) is 8.24. The number of hydrogen-bond donors (Lipinski definition) is 1. The third-order valence-corrected chi connectivity index (χ3v) is 3.81. The topological polar surface area (TPSA) is 15.8 Å². The third-order valence-electron chi connectivity index (χ3n) is 3.15. The van der Waals surface area contributed by atoms with Crippen molar-refractivity contribution in [2.24, 2.45) is 0 Å². The zero-order valence-corrected chi connectivity index (χ0v) is 9.83. The molecular weight excluding hydrogens is 257 g/mol. The molecule has 0 atom stereocenters. The van der Waals surface area contributed by atoms with Crippen LogP contribution in [0.3, 0.4) is 0 Å². The van der Waals surface area contributed by atoms with Gasteiger partial charge in [-0.1, -0.05) is 0 Å². The molecule has 1 aliphatic rings. The Morgan fingerprint density at radius 3 is 2.87 bits per heavy atom. The number of fused-ring (bicyclic) bond motifs is 3. The SMILES string of the molecule is Fc1ccc(Br)c2[nH]c3c(c12)CCCC3. The summed E-state index contributed by atoms with van der Waals surface area (Å²) in [5.74, 6) is -0.104. The highest BCUT2D eigenvalue weighted by atomic mass is 79.9. The molecule has 0 aliphatic heterocycles. The van der Waals surface area contributed by atoms with Crippen LogP contribution in [-0.2, 0) is 12.8 Å². The maximum atomic E-state index is 13.7. The molecule has 3 heteroatoms. The van der Waals surface area contributed by atoms with Crippen molar-refractivity contribution in [2.75, 3.05) is 0 Å². The van der Waals surface area contributed by atoms with Crippen molar-refractivity contribution in [3.8, 4) is 0 Å². The zero-order chi connectivity index (χ0) is 10.4. The lowest BCUT2D eigenvalue weighted by Crippen LogP contribution is -2.00. The van der Waals surface area contributed by atoms with Crippen LogP contribution in [0.5, 0.6) is 0 Å². The first kappa shape index (κ1) is 9.40. The highest BCUT2D eigenvalue weighted by Gasteiger charge is 2.18. The fourth-order valence-corrected chi connectivity index (χ4v) is 2.87. The van der Waals surface area contributed by atoms with Crippen LogP contribution in [0.1, 0.15) is 24.1 Å². The van der Waals surface area contributed by atoms with E-state index < -0.39 is 0 Å². The van der Waals surface area contributed by atoms with Crippen molar-refractivity contribution in [1.82, 2.24) is 4.98 Å². The maximum Gasteiger partial charge on any atom is 0.132 e. The van der Waals surface area contributed by atoms with E-state index in [2.05, 4.69) is 20.9 Å². The van der Waals surface area contributed by atoms with Gasteiger partial charge in [0, 0.05) is 15.6 Å². The molecule has 0 spiro atoms. The number of aromatic nitrogens is 1. The molecule has 0 amide bonds. The monoisotopic (exact) mass is 267 g/mol. The molecular formula is C12H11BrFN. The van der Waals surface area contributed by atoms with Gasteiger partial charge in [-0.15, -0.1) is 0 Å². The van der Waals surface area contributed by atoms with Crippen LogP contribution in [0.25, 0.3) is 10.9 Å². The summed E-state index contributed by atoms with van der Waals surface area (Å²) in [7, 11) is 0. The fourth-order valence-electron chi connectivity index (χ4n) is 2.44. The predicted octanol–water partition coefficient (Wildman–Crippen LogP) is 3.95. The summed E-state index contributed by atoms with van der Waals surface area (Å²) < 4.78 is 14.7. The van der Waals surface area contributed by atoms with E-state index in [1.807, 2.05) is 0 Å². The fraction of sp³-hybridized carbons (Fsp3) is 0.333. The van der Waals surface area contributed by atoms with Crippen LogP contribution in [0, 0.1) is 5.82 Å². The Balaban J connectivity index is 2.41. The molecule has 0 fully saturated rings. The van der Waals surface area contributed by atoms with Gasteiger partial charge in [-0.05, 0) is 59.3 Å².